The van der Waals surface area contributed by atoms with E-state index in [2.05, 4.69) is 5.32 Å². The van der Waals surface area contributed by atoms with Crippen molar-refractivity contribution in [3.05, 3.63) is 0 Å². The molecule has 1 unspecified atom stereocenters. The van der Waals surface area contributed by atoms with E-state index in [1.807, 2.05) is 11.8 Å². The predicted molar refractivity (Wildman–Crippen MR) is 81.1 cm³/mol. The predicted octanol–water partition coefficient (Wildman–Crippen LogP) is 2.85. The molecule has 1 aliphatic heterocycles. The van der Waals surface area contributed by atoms with Crippen LogP contribution in [-0.2, 0) is 4.79 Å². The van der Waals surface area contributed by atoms with E-state index in [-0.39, 0.29) is 18.4 Å². The van der Waals surface area contributed by atoms with Crippen molar-refractivity contribution in [2.75, 3.05) is 19.6 Å². The fourth-order valence-corrected chi connectivity index (χ4v) is 3.73. The monoisotopic (exact) mass is 296 g/mol. The Morgan fingerprint density at radius 1 is 1.14 bits per heavy atom. The van der Waals surface area contributed by atoms with Crippen LogP contribution >= 0.6 is 0 Å². The second-order valence-corrected chi connectivity index (χ2v) is 6.94. The standard InChI is InChI=1S/C16H28N2O3/c1-13(11-14(19)20)12-17-15(21)18-9-7-16(8-10-18)5-3-2-4-6-16/h13H,2-12H2,1H3,(H,17,21)(H,19,20). The van der Waals surface area contributed by atoms with E-state index in [9.17, 15) is 9.59 Å². The van der Waals surface area contributed by atoms with Crippen molar-refractivity contribution >= 4 is 12.0 Å². The molecular weight excluding hydrogens is 268 g/mol. The number of piperidine rings is 1. The molecule has 0 bridgehead atoms. The van der Waals surface area contributed by atoms with Crippen molar-refractivity contribution < 1.29 is 14.7 Å². The molecule has 1 spiro atoms. The first kappa shape index (κ1) is 16.1. The molecule has 2 N–H and O–H groups in total. The third-order valence-corrected chi connectivity index (χ3v) is 5.15. The Morgan fingerprint density at radius 3 is 2.33 bits per heavy atom. The first-order valence-electron chi connectivity index (χ1n) is 8.25. The minimum atomic E-state index is -0.811. The zero-order valence-corrected chi connectivity index (χ0v) is 13.1. The van der Waals surface area contributed by atoms with E-state index < -0.39 is 5.97 Å². The Bertz CT molecular complexity index is 368. The van der Waals surface area contributed by atoms with Crippen LogP contribution in [0.4, 0.5) is 4.79 Å². The molecule has 1 atom stereocenters. The van der Waals surface area contributed by atoms with Gasteiger partial charge in [-0.05, 0) is 37.0 Å². The number of urea groups is 1. The summed E-state index contributed by atoms with van der Waals surface area (Å²) in [5.74, 6) is -0.838. The van der Waals surface area contributed by atoms with Crippen molar-refractivity contribution in [2.45, 2.75) is 58.3 Å². The van der Waals surface area contributed by atoms with Gasteiger partial charge in [-0.15, -0.1) is 0 Å². The van der Waals surface area contributed by atoms with Gasteiger partial charge in [-0.1, -0.05) is 26.2 Å². The lowest BCUT2D eigenvalue weighted by atomic mass is 9.68. The number of likely N-dealkylation sites (tertiary alicyclic amines) is 1. The van der Waals surface area contributed by atoms with E-state index in [0.717, 1.165) is 25.9 Å². The summed E-state index contributed by atoms with van der Waals surface area (Å²) in [6.07, 6.45) is 9.08. The Labute approximate surface area is 127 Å². The maximum atomic E-state index is 12.1. The molecule has 2 amide bonds. The molecule has 120 valence electrons. The highest BCUT2D eigenvalue weighted by molar-refractivity contribution is 5.74. The number of carbonyl (C=O) groups is 2. The second-order valence-electron chi connectivity index (χ2n) is 6.94. The van der Waals surface area contributed by atoms with Crippen LogP contribution in [0.25, 0.3) is 0 Å². The topological polar surface area (TPSA) is 69.6 Å². The molecule has 2 aliphatic rings. The van der Waals surface area contributed by atoms with Gasteiger partial charge in [-0.2, -0.15) is 0 Å². The number of aliphatic carboxylic acids is 1. The lowest BCUT2D eigenvalue weighted by molar-refractivity contribution is -0.137. The van der Waals surface area contributed by atoms with Crippen LogP contribution in [-0.4, -0.2) is 41.6 Å². The molecule has 0 aromatic carbocycles. The van der Waals surface area contributed by atoms with Crippen molar-refractivity contribution in [2.24, 2.45) is 11.3 Å². The van der Waals surface area contributed by atoms with Crippen LogP contribution < -0.4 is 5.32 Å². The van der Waals surface area contributed by atoms with E-state index in [1.165, 1.54) is 32.1 Å². The number of carboxylic acid groups (broad SMARTS) is 1. The lowest BCUT2D eigenvalue weighted by Crippen LogP contribution is -2.48. The number of amides is 2. The summed E-state index contributed by atoms with van der Waals surface area (Å²) < 4.78 is 0. The molecule has 0 aromatic heterocycles. The van der Waals surface area contributed by atoms with E-state index >= 15 is 0 Å². The number of hydrogen-bond donors (Lipinski definition) is 2. The summed E-state index contributed by atoms with van der Waals surface area (Å²) in [4.78, 5) is 24.6. The Morgan fingerprint density at radius 2 is 1.76 bits per heavy atom. The zero-order valence-electron chi connectivity index (χ0n) is 13.1. The maximum Gasteiger partial charge on any atom is 0.317 e. The van der Waals surface area contributed by atoms with Crippen molar-refractivity contribution in [1.29, 1.82) is 0 Å². The number of nitrogens with zero attached hydrogens (tertiary/aromatic N) is 1. The van der Waals surface area contributed by atoms with Gasteiger partial charge in [0.25, 0.3) is 0 Å². The molecular formula is C16H28N2O3. The number of nitrogens with one attached hydrogen (secondary N) is 1. The summed E-state index contributed by atoms with van der Waals surface area (Å²) >= 11 is 0. The molecule has 5 heteroatoms. The van der Waals surface area contributed by atoms with Gasteiger partial charge in [0.05, 0.1) is 0 Å². The minimum Gasteiger partial charge on any atom is -0.481 e. The summed E-state index contributed by atoms with van der Waals surface area (Å²) in [5.41, 5.74) is 0.506. The van der Waals surface area contributed by atoms with E-state index in [0.29, 0.717) is 12.0 Å². The highest BCUT2D eigenvalue weighted by atomic mass is 16.4. The van der Waals surface area contributed by atoms with Crippen molar-refractivity contribution in [3.63, 3.8) is 0 Å². The van der Waals surface area contributed by atoms with Gasteiger partial charge < -0.3 is 15.3 Å². The summed E-state index contributed by atoms with van der Waals surface area (Å²) in [6.45, 7) is 3.98. The van der Waals surface area contributed by atoms with Crippen LogP contribution in [0.3, 0.4) is 0 Å². The number of carbonyl (C=O) groups excluding carboxylic acids is 1. The third-order valence-electron chi connectivity index (χ3n) is 5.15. The van der Waals surface area contributed by atoms with Gasteiger partial charge >= 0.3 is 12.0 Å². The van der Waals surface area contributed by atoms with E-state index in [1.54, 1.807) is 0 Å². The van der Waals surface area contributed by atoms with Gasteiger partial charge in [0, 0.05) is 26.1 Å². The highest BCUT2D eigenvalue weighted by Crippen LogP contribution is 2.44. The quantitative estimate of drug-likeness (QED) is 0.838. The van der Waals surface area contributed by atoms with Crippen LogP contribution in [0.2, 0.25) is 0 Å². The van der Waals surface area contributed by atoms with Crippen molar-refractivity contribution in [1.82, 2.24) is 10.2 Å². The summed E-state index contributed by atoms with van der Waals surface area (Å²) in [6, 6.07) is -0.0297. The Hall–Kier alpha value is -1.26. The summed E-state index contributed by atoms with van der Waals surface area (Å²) in [7, 11) is 0. The smallest absolute Gasteiger partial charge is 0.317 e. The van der Waals surface area contributed by atoms with Crippen molar-refractivity contribution in [3.8, 4) is 0 Å². The fraction of sp³-hybridized carbons (Fsp3) is 0.875. The molecule has 2 fully saturated rings. The van der Waals surface area contributed by atoms with Crippen LogP contribution in [0, 0.1) is 11.3 Å². The van der Waals surface area contributed by atoms with Gasteiger partial charge in [-0.25, -0.2) is 4.79 Å². The summed E-state index contributed by atoms with van der Waals surface area (Å²) in [5, 5.41) is 11.6. The minimum absolute atomic E-state index is 0.0269. The molecule has 0 aromatic rings. The van der Waals surface area contributed by atoms with Crippen LogP contribution in [0.15, 0.2) is 0 Å². The average Bonchev–Trinajstić information content (AvgIpc) is 2.46. The van der Waals surface area contributed by atoms with Gasteiger partial charge in [0.1, 0.15) is 0 Å². The number of carboxylic acids is 1. The fourth-order valence-electron chi connectivity index (χ4n) is 3.73. The average molecular weight is 296 g/mol. The molecule has 0 radical (unpaired) electrons. The molecule has 1 saturated carbocycles. The van der Waals surface area contributed by atoms with Gasteiger partial charge in [0.2, 0.25) is 0 Å². The highest BCUT2D eigenvalue weighted by Gasteiger charge is 2.36. The van der Waals surface area contributed by atoms with Crippen LogP contribution in [0.5, 0.6) is 0 Å². The first-order valence-corrected chi connectivity index (χ1v) is 8.25. The van der Waals surface area contributed by atoms with Crippen LogP contribution in [0.1, 0.15) is 58.3 Å². The zero-order chi connectivity index (χ0) is 15.3. The largest absolute Gasteiger partial charge is 0.481 e. The molecule has 1 aliphatic carbocycles. The Balaban J connectivity index is 1.71. The van der Waals surface area contributed by atoms with E-state index in [4.69, 9.17) is 5.11 Å². The Kier molecular flexibility index (Phi) is 5.48. The molecule has 5 nitrogen and oxygen atoms in total. The molecule has 2 rings (SSSR count). The lowest BCUT2D eigenvalue weighted by Gasteiger charge is -2.44. The SMILES string of the molecule is CC(CNC(=O)N1CCC2(CCCCC2)CC1)CC(=O)O. The molecule has 1 saturated heterocycles. The second kappa shape index (κ2) is 7.14. The molecule has 21 heavy (non-hydrogen) atoms. The number of rotatable bonds is 4. The first-order chi connectivity index (χ1) is 10.0. The maximum absolute atomic E-state index is 12.1. The van der Waals surface area contributed by atoms with Gasteiger partial charge in [-0.3, -0.25) is 4.79 Å². The third kappa shape index (κ3) is 4.61. The number of hydrogen-bond acceptors (Lipinski definition) is 2. The van der Waals surface area contributed by atoms with Gasteiger partial charge in [0.15, 0.2) is 0 Å². The normalized spacial score (nSPS) is 22.8. The molecule has 1 heterocycles.